The van der Waals surface area contributed by atoms with E-state index in [2.05, 4.69) is 9.88 Å². The minimum Gasteiger partial charge on any atom is -0.385 e. The van der Waals surface area contributed by atoms with E-state index in [0.29, 0.717) is 6.04 Å². The molecule has 0 aliphatic carbocycles. The van der Waals surface area contributed by atoms with E-state index >= 15 is 0 Å². The quantitative estimate of drug-likeness (QED) is 0.825. The number of imidazole rings is 1. The second-order valence-electron chi connectivity index (χ2n) is 4.93. The molecule has 1 fully saturated rings. The summed E-state index contributed by atoms with van der Waals surface area (Å²) in [6, 6.07) is 0.619. The summed E-state index contributed by atoms with van der Waals surface area (Å²) in [6.45, 7) is 3.69. The zero-order valence-corrected chi connectivity index (χ0v) is 11.1. The van der Waals surface area contributed by atoms with Gasteiger partial charge in [0, 0.05) is 45.2 Å². The molecule has 0 bridgehead atoms. The third kappa shape index (κ3) is 3.46. The van der Waals surface area contributed by atoms with Gasteiger partial charge in [-0.25, -0.2) is 4.79 Å². The summed E-state index contributed by atoms with van der Waals surface area (Å²) >= 11 is 0. The molecule has 2 rings (SSSR count). The topological polar surface area (TPSA) is 50.3 Å². The Morgan fingerprint density at radius 2 is 2.33 bits per heavy atom. The lowest BCUT2D eigenvalue weighted by atomic mass is 10.00. The van der Waals surface area contributed by atoms with Crippen LogP contribution < -0.4 is 5.69 Å². The maximum Gasteiger partial charge on any atom is 0.325 e. The minimum atomic E-state index is -0.0135. The van der Waals surface area contributed by atoms with Crippen LogP contribution in [0.4, 0.5) is 0 Å². The summed E-state index contributed by atoms with van der Waals surface area (Å²) in [5.74, 6) is 0. The molecule has 1 atom stereocenters. The molecule has 0 unspecified atom stereocenters. The summed E-state index contributed by atoms with van der Waals surface area (Å²) < 4.78 is 6.91. The molecule has 0 spiro atoms. The number of methoxy groups -OCH3 is 1. The fraction of sp³-hybridized carbons (Fsp3) is 0.769. The van der Waals surface area contributed by atoms with E-state index in [1.165, 1.54) is 19.3 Å². The minimum absolute atomic E-state index is 0.0135. The zero-order chi connectivity index (χ0) is 12.8. The fourth-order valence-corrected chi connectivity index (χ4v) is 2.70. The number of aromatic nitrogens is 2. The van der Waals surface area contributed by atoms with Crippen molar-refractivity contribution in [2.24, 2.45) is 0 Å². The van der Waals surface area contributed by atoms with Gasteiger partial charge < -0.3 is 9.72 Å². The normalized spacial score (nSPS) is 21.3. The number of hydrogen-bond acceptors (Lipinski definition) is 3. The van der Waals surface area contributed by atoms with Crippen molar-refractivity contribution in [3.63, 3.8) is 0 Å². The number of likely N-dealkylation sites (tertiary alicyclic amines) is 1. The Balaban J connectivity index is 1.85. The average Bonchev–Trinajstić information content (AvgIpc) is 2.80. The van der Waals surface area contributed by atoms with Gasteiger partial charge in [-0.1, -0.05) is 6.42 Å². The lowest BCUT2D eigenvalue weighted by Gasteiger charge is -2.35. The molecule has 1 saturated heterocycles. The van der Waals surface area contributed by atoms with Gasteiger partial charge >= 0.3 is 5.69 Å². The second kappa shape index (κ2) is 6.75. The smallest absolute Gasteiger partial charge is 0.325 e. The van der Waals surface area contributed by atoms with Crippen LogP contribution in [-0.4, -0.2) is 47.3 Å². The van der Waals surface area contributed by atoms with E-state index in [4.69, 9.17) is 4.74 Å². The van der Waals surface area contributed by atoms with Gasteiger partial charge in [0.05, 0.1) is 0 Å². The first kappa shape index (κ1) is 13.4. The van der Waals surface area contributed by atoms with Crippen LogP contribution in [0.2, 0.25) is 0 Å². The molecule has 18 heavy (non-hydrogen) atoms. The highest BCUT2D eigenvalue weighted by Crippen LogP contribution is 2.19. The summed E-state index contributed by atoms with van der Waals surface area (Å²) in [5, 5.41) is 0. The largest absolute Gasteiger partial charge is 0.385 e. The summed E-state index contributed by atoms with van der Waals surface area (Å²) in [5.41, 5.74) is -0.0135. The summed E-state index contributed by atoms with van der Waals surface area (Å²) in [6.07, 6.45) is 8.45. The van der Waals surface area contributed by atoms with E-state index in [-0.39, 0.29) is 5.69 Å². The summed E-state index contributed by atoms with van der Waals surface area (Å²) in [7, 11) is 1.76. The predicted octanol–water partition coefficient (Wildman–Crippen LogP) is 1.07. The molecule has 5 nitrogen and oxygen atoms in total. The van der Waals surface area contributed by atoms with Gasteiger partial charge in [0.15, 0.2) is 0 Å². The van der Waals surface area contributed by atoms with Crippen LogP contribution in [0.1, 0.15) is 25.7 Å². The molecule has 2 heterocycles. The second-order valence-corrected chi connectivity index (χ2v) is 4.93. The summed E-state index contributed by atoms with van der Waals surface area (Å²) in [4.78, 5) is 16.6. The standard InChI is InChI=1S/C13H23N3O2/c1-18-11-5-12-4-2-3-7-15(12)9-10-16-8-6-14-13(16)17/h6,8,12H,2-5,7,9-11H2,1H3,(H,14,17)/t12-/m1/s1. The Bertz CT molecular complexity index is 399. The van der Waals surface area contributed by atoms with Crippen molar-refractivity contribution in [2.45, 2.75) is 38.3 Å². The van der Waals surface area contributed by atoms with E-state index in [9.17, 15) is 4.79 Å². The number of hydrogen-bond donors (Lipinski definition) is 1. The molecule has 1 aliphatic heterocycles. The molecule has 1 aromatic rings. The number of nitrogens with one attached hydrogen (secondary N) is 1. The van der Waals surface area contributed by atoms with Gasteiger partial charge in [0.2, 0.25) is 0 Å². The fourth-order valence-electron chi connectivity index (χ4n) is 2.70. The van der Waals surface area contributed by atoms with Crippen LogP contribution in [0.3, 0.4) is 0 Å². The molecule has 1 N–H and O–H groups in total. The number of piperidine rings is 1. The van der Waals surface area contributed by atoms with Gasteiger partial charge in [-0.3, -0.25) is 9.47 Å². The Hall–Kier alpha value is -1.07. The molecule has 0 aromatic carbocycles. The van der Waals surface area contributed by atoms with E-state index in [1.807, 2.05) is 6.20 Å². The Morgan fingerprint density at radius 3 is 3.06 bits per heavy atom. The van der Waals surface area contributed by atoms with Gasteiger partial charge in [0.1, 0.15) is 0 Å². The lowest BCUT2D eigenvalue weighted by Crippen LogP contribution is -2.42. The van der Waals surface area contributed by atoms with Crippen molar-refractivity contribution in [1.82, 2.24) is 14.5 Å². The van der Waals surface area contributed by atoms with Crippen molar-refractivity contribution in [3.8, 4) is 0 Å². The molecule has 1 aromatic heterocycles. The molecule has 1 aliphatic rings. The first-order chi connectivity index (χ1) is 8.81. The Labute approximate surface area is 108 Å². The SMILES string of the molecule is COCC[C@H]1CCCCN1CCn1cc[nH]c1=O. The molecule has 0 amide bonds. The maximum atomic E-state index is 11.4. The third-order valence-electron chi connectivity index (χ3n) is 3.75. The van der Waals surface area contributed by atoms with Gasteiger partial charge in [0.25, 0.3) is 0 Å². The van der Waals surface area contributed by atoms with Gasteiger partial charge in [-0.05, 0) is 25.8 Å². The van der Waals surface area contributed by atoms with Crippen LogP contribution in [0, 0.1) is 0 Å². The average molecular weight is 253 g/mol. The van der Waals surface area contributed by atoms with Crippen LogP contribution >= 0.6 is 0 Å². The lowest BCUT2D eigenvalue weighted by molar-refractivity contribution is 0.0997. The zero-order valence-electron chi connectivity index (χ0n) is 11.1. The number of nitrogens with zero attached hydrogens (tertiary/aromatic N) is 2. The van der Waals surface area contributed by atoms with Crippen LogP contribution in [-0.2, 0) is 11.3 Å². The van der Waals surface area contributed by atoms with Crippen molar-refractivity contribution >= 4 is 0 Å². The Morgan fingerprint density at radius 1 is 1.44 bits per heavy atom. The van der Waals surface area contributed by atoms with E-state index < -0.39 is 0 Å². The number of ether oxygens (including phenoxy) is 1. The monoisotopic (exact) mass is 253 g/mol. The van der Waals surface area contributed by atoms with Crippen molar-refractivity contribution < 1.29 is 4.74 Å². The molecule has 0 saturated carbocycles. The van der Waals surface area contributed by atoms with Crippen molar-refractivity contribution in [2.75, 3.05) is 26.8 Å². The number of aromatic amines is 1. The van der Waals surface area contributed by atoms with Crippen LogP contribution in [0.25, 0.3) is 0 Å². The molecule has 5 heteroatoms. The maximum absolute atomic E-state index is 11.4. The van der Waals surface area contributed by atoms with Crippen molar-refractivity contribution in [1.29, 1.82) is 0 Å². The molecular formula is C13H23N3O2. The highest BCUT2D eigenvalue weighted by Gasteiger charge is 2.21. The first-order valence-corrected chi connectivity index (χ1v) is 6.78. The molecule has 0 radical (unpaired) electrons. The molecule has 102 valence electrons. The molecular weight excluding hydrogens is 230 g/mol. The Kier molecular flexibility index (Phi) is 5.01. The first-order valence-electron chi connectivity index (χ1n) is 6.78. The van der Waals surface area contributed by atoms with E-state index in [0.717, 1.165) is 32.7 Å². The number of rotatable bonds is 6. The third-order valence-corrected chi connectivity index (χ3v) is 3.75. The highest BCUT2D eigenvalue weighted by molar-refractivity contribution is 4.80. The van der Waals surface area contributed by atoms with Crippen LogP contribution in [0.5, 0.6) is 0 Å². The van der Waals surface area contributed by atoms with Gasteiger partial charge in [-0.15, -0.1) is 0 Å². The number of H-pyrrole nitrogens is 1. The van der Waals surface area contributed by atoms with Crippen molar-refractivity contribution in [3.05, 3.63) is 22.9 Å². The predicted molar refractivity (Wildman–Crippen MR) is 70.8 cm³/mol. The van der Waals surface area contributed by atoms with Crippen LogP contribution in [0.15, 0.2) is 17.2 Å². The van der Waals surface area contributed by atoms with Gasteiger partial charge in [-0.2, -0.15) is 0 Å². The highest BCUT2D eigenvalue weighted by atomic mass is 16.5. The van der Waals surface area contributed by atoms with E-state index in [1.54, 1.807) is 17.9 Å².